The molecule has 1 aromatic rings. The van der Waals surface area contributed by atoms with Crippen LogP contribution in [0.15, 0.2) is 35.3 Å². The maximum Gasteiger partial charge on any atom is 0.224 e. The molecule has 3 N–H and O–H groups in total. The zero-order valence-corrected chi connectivity index (χ0v) is 19.8. The van der Waals surface area contributed by atoms with Gasteiger partial charge in [-0.2, -0.15) is 0 Å². The van der Waals surface area contributed by atoms with Gasteiger partial charge in [-0.15, -0.1) is 24.0 Å². The molecule has 0 aliphatic heterocycles. The highest BCUT2D eigenvalue weighted by Crippen LogP contribution is 2.11. The van der Waals surface area contributed by atoms with Crippen LogP contribution in [0.5, 0.6) is 0 Å². The van der Waals surface area contributed by atoms with Crippen molar-refractivity contribution in [3.63, 3.8) is 0 Å². The largest absolute Gasteiger partial charge is 0.396 e. The van der Waals surface area contributed by atoms with Gasteiger partial charge in [-0.1, -0.05) is 43.7 Å². The van der Waals surface area contributed by atoms with Gasteiger partial charge in [-0.25, -0.2) is 0 Å². The van der Waals surface area contributed by atoms with Crippen LogP contribution in [-0.4, -0.2) is 55.2 Å². The molecule has 0 radical (unpaired) electrons. The second-order valence-corrected chi connectivity index (χ2v) is 6.80. The molecule has 0 spiro atoms. The number of aliphatic hydroxyl groups excluding tert-OH is 1. The van der Waals surface area contributed by atoms with Crippen molar-refractivity contribution in [2.24, 2.45) is 10.9 Å². The van der Waals surface area contributed by atoms with Gasteiger partial charge in [-0.05, 0) is 31.2 Å². The van der Waals surface area contributed by atoms with E-state index in [0.29, 0.717) is 32.0 Å². The Labute approximate surface area is 187 Å². The summed E-state index contributed by atoms with van der Waals surface area (Å²) < 4.78 is 0. The van der Waals surface area contributed by atoms with Crippen LogP contribution >= 0.6 is 24.0 Å². The number of amides is 1. The fourth-order valence-corrected chi connectivity index (χ4v) is 2.90. The molecule has 6 nitrogen and oxygen atoms in total. The first-order chi connectivity index (χ1) is 13.1. The van der Waals surface area contributed by atoms with Crippen LogP contribution in [0.2, 0.25) is 0 Å². The van der Waals surface area contributed by atoms with Crippen molar-refractivity contribution in [2.75, 3.05) is 33.3 Å². The molecule has 0 saturated carbocycles. The van der Waals surface area contributed by atoms with Crippen LogP contribution in [0.1, 0.15) is 45.1 Å². The van der Waals surface area contributed by atoms with E-state index in [1.165, 1.54) is 0 Å². The molecule has 160 valence electrons. The molecule has 0 heterocycles. The van der Waals surface area contributed by atoms with Crippen LogP contribution in [0.4, 0.5) is 0 Å². The zero-order chi connectivity index (χ0) is 19.9. The topological polar surface area (TPSA) is 77.0 Å². The molecule has 0 aliphatic carbocycles. The van der Waals surface area contributed by atoms with Gasteiger partial charge in [0.2, 0.25) is 5.91 Å². The van der Waals surface area contributed by atoms with E-state index in [2.05, 4.69) is 22.5 Å². The third-order valence-corrected chi connectivity index (χ3v) is 4.41. The number of halogens is 1. The smallest absolute Gasteiger partial charge is 0.224 e. The molecule has 1 rings (SSSR count). The summed E-state index contributed by atoms with van der Waals surface area (Å²) in [6, 6.07) is 9.99. The van der Waals surface area contributed by atoms with Gasteiger partial charge >= 0.3 is 0 Å². The molecule has 28 heavy (non-hydrogen) atoms. The van der Waals surface area contributed by atoms with Gasteiger partial charge in [0.15, 0.2) is 5.96 Å². The normalized spacial score (nSPS) is 12.1. The van der Waals surface area contributed by atoms with Crippen molar-refractivity contribution in [3.05, 3.63) is 35.9 Å². The Morgan fingerprint density at radius 1 is 1.18 bits per heavy atom. The molecule has 0 aliphatic rings. The summed E-state index contributed by atoms with van der Waals surface area (Å²) in [5, 5.41) is 15.6. The predicted octanol–water partition coefficient (Wildman–Crippen LogP) is 3.01. The van der Waals surface area contributed by atoms with Crippen LogP contribution in [0.3, 0.4) is 0 Å². The highest BCUT2D eigenvalue weighted by Gasteiger charge is 2.10. The maximum atomic E-state index is 12.3. The van der Waals surface area contributed by atoms with E-state index >= 15 is 0 Å². The number of carbonyl (C=O) groups excluding carboxylic acids is 1. The van der Waals surface area contributed by atoms with E-state index in [0.717, 1.165) is 37.3 Å². The lowest BCUT2D eigenvalue weighted by atomic mass is 10.0. The first-order valence-electron chi connectivity index (χ1n) is 10.0. The van der Waals surface area contributed by atoms with E-state index < -0.39 is 0 Å². The van der Waals surface area contributed by atoms with Crippen LogP contribution < -0.4 is 10.6 Å². The number of carbonyl (C=O) groups is 1. The molecule has 0 fully saturated rings. The number of benzene rings is 1. The van der Waals surface area contributed by atoms with Crippen molar-refractivity contribution in [1.82, 2.24) is 15.5 Å². The number of rotatable bonds is 12. The lowest BCUT2D eigenvalue weighted by Crippen LogP contribution is -2.39. The summed E-state index contributed by atoms with van der Waals surface area (Å²) in [6.07, 6.45) is 3.35. The van der Waals surface area contributed by atoms with Gasteiger partial charge in [0.1, 0.15) is 0 Å². The van der Waals surface area contributed by atoms with E-state index in [-0.39, 0.29) is 36.5 Å². The van der Waals surface area contributed by atoms with Crippen molar-refractivity contribution in [2.45, 2.75) is 46.1 Å². The predicted molar refractivity (Wildman–Crippen MR) is 127 cm³/mol. The maximum absolute atomic E-state index is 12.3. The lowest BCUT2D eigenvalue weighted by Gasteiger charge is -2.18. The monoisotopic (exact) mass is 504 g/mol. The molecule has 0 aromatic heterocycles. The molecule has 0 bridgehead atoms. The Morgan fingerprint density at radius 3 is 2.50 bits per heavy atom. The zero-order valence-electron chi connectivity index (χ0n) is 17.5. The second-order valence-electron chi connectivity index (χ2n) is 6.80. The first kappa shape index (κ1) is 26.6. The summed E-state index contributed by atoms with van der Waals surface area (Å²) in [5.74, 6) is 1.23. The van der Waals surface area contributed by atoms with Crippen LogP contribution in [0, 0.1) is 5.92 Å². The van der Waals surface area contributed by atoms with Gasteiger partial charge in [0, 0.05) is 46.3 Å². The van der Waals surface area contributed by atoms with Gasteiger partial charge in [0.05, 0.1) is 0 Å². The Morgan fingerprint density at radius 2 is 1.89 bits per heavy atom. The van der Waals surface area contributed by atoms with Gasteiger partial charge in [-0.3, -0.25) is 9.79 Å². The highest BCUT2D eigenvalue weighted by molar-refractivity contribution is 14.0. The summed E-state index contributed by atoms with van der Waals surface area (Å²) in [6.45, 7) is 6.99. The second kappa shape index (κ2) is 16.6. The van der Waals surface area contributed by atoms with Gasteiger partial charge in [0.25, 0.3) is 0 Å². The van der Waals surface area contributed by atoms with Crippen molar-refractivity contribution in [1.29, 1.82) is 0 Å². The quantitative estimate of drug-likeness (QED) is 0.233. The Hall–Kier alpha value is -1.35. The summed E-state index contributed by atoms with van der Waals surface area (Å²) >= 11 is 0. The standard InChI is InChI=1S/C21H36N4O2.HI/c1-4-9-18(13-15-26)16-24-21(22-5-2)23-14-12-20(27)25(3)17-19-10-7-6-8-11-19;/h6-8,10-11,18,26H,4-5,9,12-17H2,1-3H3,(H2,22,23,24);1H. The number of hydrogen-bond acceptors (Lipinski definition) is 3. The SMILES string of the molecule is CCCC(CCO)CN=C(NCC)NCCC(=O)N(C)Cc1ccccc1.I. The number of hydrogen-bond donors (Lipinski definition) is 3. The number of aliphatic hydroxyl groups is 1. The third-order valence-electron chi connectivity index (χ3n) is 4.41. The average Bonchev–Trinajstić information content (AvgIpc) is 2.67. The van der Waals surface area contributed by atoms with Gasteiger partial charge < -0.3 is 20.6 Å². The molecule has 1 aromatic carbocycles. The van der Waals surface area contributed by atoms with E-state index in [9.17, 15) is 9.90 Å². The van der Waals surface area contributed by atoms with Crippen molar-refractivity contribution < 1.29 is 9.90 Å². The first-order valence-corrected chi connectivity index (χ1v) is 10.0. The average molecular weight is 504 g/mol. The lowest BCUT2D eigenvalue weighted by molar-refractivity contribution is -0.130. The highest BCUT2D eigenvalue weighted by atomic mass is 127. The fourth-order valence-electron chi connectivity index (χ4n) is 2.90. The van der Waals surface area contributed by atoms with E-state index in [1.54, 1.807) is 4.90 Å². The molecular weight excluding hydrogens is 467 g/mol. The van der Waals surface area contributed by atoms with E-state index in [1.807, 2.05) is 44.3 Å². The minimum absolute atomic E-state index is 0. The summed E-state index contributed by atoms with van der Waals surface area (Å²) in [4.78, 5) is 18.7. The minimum atomic E-state index is 0. The number of nitrogens with zero attached hydrogens (tertiary/aromatic N) is 2. The van der Waals surface area contributed by atoms with Crippen LogP contribution in [-0.2, 0) is 11.3 Å². The molecule has 1 amide bonds. The Bertz CT molecular complexity index is 549. The fraction of sp³-hybridized carbons (Fsp3) is 0.619. The van der Waals surface area contributed by atoms with Crippen molar-refractivity contribution in [3.8, 4) is 0 Å². The molecular formula is C21H37IN4O2. The minimum Gasteiger partial charge on any atom is -0.396 e. The van der Waals surface area contributed by atoms with E-state index in [4.69, 9.17) is 0 Å². The van der Waals surface area contributed by atoms with Crippen LogP contribution in [0.25, 0.3) is 0 Å². The number of aliphatic imine (C=N–C) groups is 1. The summed E-state index contributed by atoms with van der Waals surface area (Å²) in [7, 11) is 1.83. The summed E-state index contributed by atoms with van der Waals surface area (Å²) in [5.41, 5.74) is 1.13. The Balaban J connectivity index is 0.00000729. The Kier molecular flexibility index (Phi) is 15.8. The molecule has 7 heteroatoms. The number of nitrogens with one attached hydrogen (secondary N) is 2. The molecule has 1 unspecified atom stereocenters. The molecule has 1 atom stereocenters. The number of guanidine groups is 1. The molecule has 0 saturated heterocycles. The van der Waals surface area contributed by atoms with Crippen molar-refractivity contribution >= 4 is 35.8 Å². The third kappa shape index (κ3) is 11.5.